The molecule has 116 valence electrons. The second-order valence-electron chi connectivity index (χ2n) is 5.56. The Morgan fingerprint density at radius 2 is 2.14 bits per heavy atom. The lowest BCUT2D eigenvalue weighted by Crippen LogP contribution is -2.46. The fourth-order valence-electron chi connectivity index (χ4n) is 3.24. The lowest BCUT2D eigenvalue weighted by atomic mass is 10.00. The normalized spacial score (nSPS) is 26.8. The molecule has 8 heteroatoms. The van der Waals surface area contributed by atoms with Crippen LogP contribution in [0.1, 0.15) is 25.7 Å². The summed E-state index contributed by atoms with van der Waals surface area (Å²) in [6, 6.07) is 1.77. The molecule has 0 aromatic carbocycles. The molecule has 2 fully saturated rings. The van der Waals surface area contributed by atoms with E-state index in [9.17, 15) is 8.42 Å². The van der Waals surface area contributed by atoms with Crippen LogP contribution in [0.25, 0.3) is 0 Å². The summed E-state index contributed by atoms with van der Waals surface area (Å²) < 4.78 is 28.5. The Kier molecular flexibility index (Phi) is 4.57. The number of nitrogens with one attached hydrogen (secondary N) is 1. The SMILES string of the molecule is O=S(=O)(NC1CCN2CCCCC12)c1cc(Br)cnc1Cl. The first-order valence-corrected chi connectivity index (χ1v) is 9.70. The van der Waals surface area contributed by atoms with Crippen LogP contribution >= 0.6 is 27.5 Å². The number of hydrogen-bond donors (Lipinski definition) is 1. The van der Waals surface area contributed by atoms with Crippen LogP contribution in [0.3, 0.4) is 0 Å². The molecule has 1 aromatic heterocycles. The molecule has 0 saturated carbocycles. The van der Waals surface area contributed by atoms with Crippen LogP contribution in [-0.4, -0.2) is 43.5 Å². The van der Waals surface area contributed by atoms with Gasteiger partial charge in [-0.2, -0.15) is 0 Å². The van der Waals surface area contributed by atoms with Gasteiger partial charge in [0.1, 0.15) is 10.0 Å². The van der Waals surface area contributed by atoms with Crippen LogP contribution in [0.15, 0.2) is 21.6 Å². The maximum absolute atomic E-state index is 12.6. The Bertz CT molecular complexity index is 640. The smallest absolute Gasteiger partial charge is 0.243 e. The van der Waals surface area contributed by atoms with Gasteiger partial charge >= 0.3 is 0 Å². The van der Waals surface area contributed by atoms with E-state index in [4.69, 9.17) is 11.6 Å². The fraction of sp³-hybridized carbons (Fsp3) is 0.615. The maximum atomic E-state index is 12.6. The van der Waals surface area contributed by atoms with Crippen LogP contribution in [0, 0.1) is 0 Å². The highest BCUT2D eigenvalue weighted by Crippen LogP contribution is 2.29. The third-order valence-electron chi connectivity index (χ3n) is 4.23. The van der Waals surface area contributed by atoms with E-state index < -0.39 is 10.0 Å². The first-order valence-electron chi connectivity index (χ1n) is 7.05. The second-order valence-corrected chi connectivity index (χ2v) is 8.51. The highest BCUT2D eigenvalue weighted by atomic mass is 79.9. The van der Waals surface area contributed by atoms with Crippen molar-refractivity contribution in [2.45, 2.75) is 42.7 Å². The summed E-state index contributed by atoms with van der Waals surface area (Å²) in [7, 11) is -3.65. The number of aromatic nitrogens is 1. The number of fused-ring (bicyclic) bond motifs is 1. The van der Waals surface area contributed by atoms with Gasteiger partial charge in [0.25, 0.3) is 0 Å². The molecule has 0 amide bonds. The zero-order valence-electron chi connectivity index (χ0n) is 11.4. The quantitative estimate of drug-likeness (QED) is 0.800. The highest BCUT2D eigenvalue weighted by Gasteiger charge is 2.38. The van der Waals surface area contributed by atoms with E-state index in [-0.39, 0.29) is 16.1 Å². The summed E-state index contributed by atoms with van der Waals surface area (Å²) in [5, 5.41) is 0.00389. The van der Waals surface area contributed by atoms with Gasteiger partial charge in [0.05, 0.1) is 0 Å². The molecule has 1 N–H and O–H groups in total. The molecule has 0 spiro atoms. The third-order valence-corrected chi connectivity index (χ3v) is 6.58. The first-order chi connectivity index (χ1) is 9.97. The van der Waals surface area contributed by atoms with E-state index in [0.717, 1.165) is 25.9 Å². The van der Waals surface area contributed by atoms with Gasteiger partial charge in [-0.3, -0.25) is 4.90 Å². The van der Waals surface area contributed by atoms with Crippen molar-refractivity contribution in [3.8, 4) is 0 Å². The Hall–Kier alpha value is -0.210. The summed E-state index contributed by atoms with van der Waals surface area (Å²) >= 11 is 9.18. The lowest BCUT2D eigenvalue weighted by Gasteiger charge is -2.32. The molecule has 3 rings (SSSR count). The van der Waals surface area contributed by atoms with Crippen LogP contribution in [0.5, 0.6) is 0 Å². The standard InChI is InChI=1S/C13H17BrClN3O2S/c14-9-7-12(13(15)16-8-9)21(19,20)17-10-4-6-18-5-2-1-3-11(10)18/h7-8,10-11,17H,1-6H2. The van der Waals surface area contributed by atoms with Crippen LogP contribution in [-0.2, 0) is 10.0 Å². The fourth-order valence-corrected chi connectivity index (χ4v) is 5.49. The van der Waals surface area contributed by atoms with E-state index >= 15 is 0 Å². The maximum Gasteiger partial charge on any atom is 0.243 e. The van der Waals surface area contributed by atoms with Crippen molar-refractivity contribution in [2.24, 2.45) is 0 Å². The molecule has 0 bridgehead atoms. The Labute approximate surface area is 138 Å². The van der Waals surface area contributed by atoms with Gasteiger partial charge in [-0.1, -0.05) is 18.0 Å². The molecule has 2 atom stereocenters. The summed E-state index contributed by atoms with van der Waals surface area (Å²) in [5.41, 5.74) is 0. The van der Waals surface area contributed by atoms with E-state index in [1.807, 2.05) is 0 Å². The Morgan fingerprint density at radius 3 is 2.95 bits per heavy atom. The minimum Gasteiger partial charge on any atom is -0.299 e. The lowest BCUT2D eigenvalue weighted by molar-refractivity contribution is 0.186. The summed E-state index contributed by atoms with van der Waals surface area (Å²) in [6.07, 6.45) is 5.76. The van der Waals surface area contributed by atoms with Crippen molar-refractivity contribution in [1.82, 2.24) is 14.6 Å². The zero-order valence-corrected chi connectivity index (χ0v) is 14.6. The van der Waals surface area contributed by atoms with Crippen molar-refractivity contribution in [3.63, 3.8) is 0 Å². The van der Waals surface area contributed by atoms with E-state index in [1.165, 1.54) is 25.1 Å². The van der Waals surface area contributed by atoms with Gasteiger partial charge in [0, 0.05) is 29.3 Å². The van der Waals surface area contributed by atoms with E-state index in [2.05, 4.69) is 30.5 Å². The average Bonchev–Trinajstić information content (AvgIpc) is 2.84. The van der Waals surface area contributed by atoms with Gasteiger partial charge in [-0.15, -0.1) is 0 Å². The molecule has 21 heavy (non-hydrogen) atoms. The zero-order chi connectivity index (χ0) is 15.0. The molecule has 2 aliphatic rings. The predicted molar refractivity (Wildman–Crippen MR) is 84.9 cm³/mol. The second kappa shape index (κ2) is 6.12. The number of sulfonamides is 1. The molecule has 2 unspecified atom stereocenters. The van der Waals surface area contributed by atoms with Gasteiger partial charge < -0.3 is 0 Å². The van der Waals surface area contributed by atoms with Gasteiger partial charge in [-0.05, 0) is 47.8 Å². The number of halogens is 2. The van der Waals surface area contributed by atoms with Crippen molar-refractivity contribution in [2.75, 3.05) is 13.1 Å². The van der Waals surface area contributed by atoms with Crippen molar-refractivity contribution < 1.29 is 8.42 Å². The number of nitrogens with zero attached hydrogens (tertiary/aromatic N) is 2. The molecule has 0 aliphatic carbocycles. The summed E-state index contributed by atoms with van der Waals surface area (Å²) in [6.45, 7) is 2.03. The Balaban J connectivity index is 1.81. The minimum atomic E-state index is -3.65. The van der Waals surface area contributed by atoms with Crippen molar-refractivity contribution >= 4 is 37.6 Å². The van der Waals surface area contributed by atoms with Crippen LogP contribution < -0.4 is 4.72 Å². The van der Waals surface area contributed by atoms with Crippen LogP contribution in [0.4, 0.5) is 0 Å². The monoisotopic (exact) mass is 393 g/mol. The number of pyridine rings is 1. The van der Waals surface area contributed by atoms with Crippen molar-refractivity contribution in [3.05, 3.63) is 21.9 Å². The Morgan fingerprint density at radius 1 is 1.33 bits per heavy atom. The van der Waals surface area contributed by atoms with Gasteiger partial charge in [0.2, 0.25) is 10.0 Å². The molecule has 0 radical (unpaired) electrons. The molecule has 5 nitrogen and oxygen atoms in total. The number of hydrogen-bond acceptors (Lipinski definition) is 4. The minimum absolute atomic E-state index is 0.00389. The molecular formula is C13H17BrClN3O2S. The molecule has 2 saturated heterocycles. The van der Waals surface area contributed by atoms with Gasteiger partial charge in [-0.25, -0.2) is 18.1 Å². The number of rotatable bonds is 3. The summed E-state index contributed by atoms with van der Waals surface area (Å²) in [4.78, 5) is 6.31. The molecule has 1 aromatic rings. The average molecular weight is 395 g/mol. The highest BCUT2D eigenvalue weighted by molar-refractivity contribution is 9.10. The van der Waals surface area contributed by atoms with E-state index in [1.54, 1.807) is 0 Å². The third kappa shape index (κ3) is 3.27. The summed E-state index contributed by atoms with van der Waals surface area (Å²) in [5.74, 6) is 0. The molecular weight excluding hydrogens is 378 g/mol. The van der Waals surface area contributed by atoms with Gasteiger partial charge in [0.15, 0.2) is 0 Å². The topological polar surface area (TPSA) is 62.3 Å². The van der Waals surface area contributed by atoms with E-state index in [0.29, 0.717) is 10.5 Å². The van der Waals surface area contributed by atoms with Crippen molar-refractivity contribution in [1.29, 1.82) is 0 Å². The molecule has 3 heterocycles. The largest absolute Gasteiger partial charge is 0.299 e. The molecule has 2 aliphatic heterocycles. The predicted octanol–water partition coefficient (Wildman–Crippen LogP) is 2.40. The number of piperidine rings is 1. The first kappa shape index (κ1) is 15.7. The van der Waals surface area contributed by atoms with Crippen LogP contribution in [0.2, 0.25) is 5.15 Å².